The smallest absolute Gasteiger partial charge is 0.130 e. The van der Waals surface area contributed by atoms with E-state index in [1.807, 2.05) is 6.07 Å². The Bertz CT molecular complexity index is 448. The van der Waals surface area contributed by atoms with Crippen LogP contribution in [-0.2, 0) is 0 Å². The van der Waals surface area contributed by atoms with Crippen LogP contribution in [0.25, 0.3) is 0 Å². The monoisotopic (exact) mass is 265 g/mol. The molecule has 19 heavy (non-hydrogen) atoms. The number of hydrogen-bond acceptors (Lipinski definition) is 2. The van der Waals surface area contributed by atoms with Crippen LogP contribution in [0.5, 0.6) is 5.75 Å². The average Bonchev–Trinajstić information content (AvgIpc) is 2.42. The van der Waals surface area contributed by atoms with E-state index in [2.05, 4.69) is 26.1 Å². The zero-order valence-electron chi connectivity index (χ0n) is 12.3. The molecule has 1 N–H and O–H groups in total. The molecule has 3 unspecified atom stereocenters. The summed E-state index contributed by atoms with van der Waals surface area (Å²) >= 11 is 0. The van der Waals surface area contributed by atoms with E-state index < -0.39 is 0 Å². The molecule has 1 aromatic rings. The maximum Gasteiger partial charge on any atom is 0.130 e. The summed E-state index contributed by atoms with van der Waals surface area (Å²) in [7, 11) is 1.61. The van der Waals surface area contributed by atoms with Gasteiger partial charge < -0.3 is 10.1 Å². The van der Waals surface area contributed by atoms with Crippen molar-refractivity contribution in [1.82, 2.24) is 5.32 Å². The van der Waals surface area contributed by atoms with Gasteiger partial charge in [0.2, 0.25) is 0 Å². The first kappa shape index (κ1) is 14.3. The first-order valence-corrected chi connectivity index (χ1v) is 7.14. The Labute approximate surface area is 115 Å². The third-order valence-electron chi connectivity index (χ3n) is 4.86. The number of nitrogens with one attached hydrogen (secondary N) is 1. The van der Waals surface area contributed by atoms with E-state index in [1.165, 1.54) is 6.07 Å². The molecule has 2 rings (SSSR count). The van der Waals surface area contributed by atoms with Crippen molar-refractivity contribution < 1.29 is 9.13 Å². The van der Waals surface area contributed by atoms with Gasteiger partial charge >= 0.3 is 0 Å². The third kappa shape index (κ3) is 2.25. The highest BCUT2D eigenvalue weighted by Gasteiger charge is 2.52. The quantitative estimate of drug-likeness (QED) is 0.876. The van der Waals surface area contributed by atoms with Crippen LogP contribution in [0.1, 0.15) is 45.1 Å². The molecule has 1 aliphatic carbocycles. The Kier molecular flexibility index (Phi) is 4.14. The summed E-state index contributed by atoms with van der Waals surface area (Å²) in [4.78, 5) is 0. The number of benzene rings is 1. The molecule has 0 radical (unpaired) electrons. The van der Waals surface area contributed by atoms with Gasteiger partial charge in [0.15, 0.2) is 0 Å². The molecule has 0 heterocycles. The molecule has 106 valence electrons. The number of ether oxygens (including phenoxy) is 1. The van der Waals surface area contributed by atoms with Gasteiger partial charge in [-0.1, -0.05) is 26.8 Å². The zero-order chi connectivity index (χ0) is 14.0. The van der Waals surface area contributed by atoms with Crippen molar-refractivity contribution in [3.05, 3.63) is 29.6 Å². The van der Waals surface area contributed by atoms with Crippen molar-refractivity contribution in [3.63, 3.8) is 0 Å². The number of halogens is 1. The fourth-order valence-corrected chi connectivity index (χ4v) is 3.39. The fraction of sp³-hybridized carbons (Fsp3) is 0.625. The second-order valence-electron chi connectivity index (χ2n) is 5.61. The van der Waals surface area contributed by atoms with Gasteiger partial charge in [-0.3, -0.25) is 0 Å². The highest BCUT2D eigenvalue weighted by Crippen LogP contribution is 2.57. The fourth-order valence-electron chi connectivity index (χ4n) is 3.39. The summed E-state index contributed by atoms with van der Waals surface area (Å²) in [6, 6.07) is 5.57. The normalized spacial score (nSPS) is 29.9. The molecule has 1 fully saturated rings. The second-order valence-corrected chi connectivity index (χ2v) is 5.61. The maximum atomic E-state index is 14.2. The van der Waals surface area contributed by atoms with Crippen molar-refractivity contribution >= 4 is 0 Å². The van der Waals surface area contributed by atoms with E-state index in [1.54, 1.807) is 13.2 Å². The minimum Gasteiger partial charge on any atom is -0.496 e. The van der Waals surface area contributed by atoms with E-state index in [0.29, 0.717) is 11.8 Å². The van der Waals surface area contributed by atoms with Crippen LogP contribution in [0.4, 0.5) is 4.39 Å². The molecule has 0 aliphatic heterocycles. The Hall–Kier alpha value is -1.09. The molecule has 1 saturated carbocycles. The zero-order valence-corrected chi connectivity index (χ0v) is 12.3. The van der Waals surface area contributed by atoms with E-state index >= 15 is 0 Å². The van der Waals surface area contributed by atoms with Crippen LogP contribution in [0.3, 0.4) is 0 Å². The van der Waals surface area contributed by atoms with Gasteiger partial charge in [-0.15, -0.1) is 0 Å². The van der Waals surface area contributed by atoms with E-state index in [4.69, 9.17) is 4.74 Å². The average molecular weight is 265 g/mol. The first-order chi connectivity index (χ1) is 9.08. The van der Waals surface area contributed by atoms with Crippen LogP contribution in [0.2, 0.25) is 0 Å². The Balaban J connectivity index is 2.34. The lowest BCUT2D eigenvalue weighted by Gasteiger charge is -2.55. The predicted molar refractivity (Wildman–Crippen MR) is 76.2 cm³/mol. The van der Waals surface area contributed by atoms with Crippen LogP contribution in [-0.4, -0.2) is 19.7 Å². The maximum absolute atomic E-state index is 14.2. The summed E-state index contributed by atoms with van der Waals surface area (Å²) in [5, 5.41) is 3.52. The first-order valence-electron chi connectivity index (χ1n) is 7.14. The topological polar surface area (TPSA) is 21.3 Å². The van der Waals surface area contributed by atoms with Gasteiger partial charge in [0.25, 0.3) is 0 Å². The number of methoxy groups -OCH3 is 1. The van der Waals surface area contributed by atoms with Crippen molar-refractivity contribution in [2.45, 2.75) is 45.6 Å². The van der Waals surface area contributed by atoms with E-state index in [0.717, 1.165) is 24.9 Å². The summed E-state index contributed by atoms with van der Waals surface area (Å²) in [6.07, 6.45) is 2.02. The molecule has 0 saturated heterocycles. The van der Waals surface area contributed by atoms with Gasteiger partial charge in [0.05, 0.1) is 7.11 Å². The minimum atomic E-state index is -0.140. The Morgan fingerprint density at radius 2 is 2.16 bits per heavy atom. The van der Waals surface area contributed by atoms with E-state index in [9.17, 15) is 4.39 Å². The molecular weight excluding hydrogens is 241 g/mol. The SMILES string of the molecule is CCNC1CC(c2c(F)cccc2OC)C1(C)CC. The number of hydrogen-bond donors (Lipinski definition) is 1. The third-order valence-corrected chi connectivity index (χ3v) is 4.86. The lowest BCUT2D eigenvalue weighted by Crippen LogP contribution is -2.56. The molecule has 0 spiro atoms. The molecule has 0 bridgehead atoms. The molecule has 0 aromatic heterocycles. The largest absolute Gasteiger partial charge is 0.496 e. The lowest BCUT2D eigenvalue weighted by molar-refractivity contribution is 0.0420. The van der Waals surface area contributed by atoms with Crippen LogP contribution < -0.4 is 10.1 Å². The summed E-state index contributed by atoms with van der Waals surface area (Å²) < 4.78 is 19.6. The molecule has 0 amide bonds. The molecule has 3 atom stereocenters. The van der Waals surface area contributed by atoms with Gasteiger partial charge in [-0.05, 0) is 42.9 Å². The standard InChI is InChI=1S/C16H24FNO/c1-5-16(3)11(10-14(16)18-6-2)15-12(17)8-7-9-13(15)19-4/h7-9,11,14,18H,5-6,10H2,1-4H3. The molecule has 1 aromatic carbocycles. The second kappa shape index (κ2) is 5.49. The summed E-state index contributed by atoms with van der Waals surface area (Å²) in [6.45, 7) is 7.51. The summed E-state index contributed by atoms with van der Waals surface area (Å²) in [5.41, 5.74) is 0.856. The number of rotatable bonds is 5. The molecular formula is C16H24FNO. The molecule has 3 heteroatoms. The van der Waals surface area contributed by atoms with Crippen LogP contribution in [0, 0.1) is 11.2 Å². The van der Waals surface area contributed by atoms with E-state index in [-0.39, 0.29) is 17.2 Å². The van der Waals surface area contributed by atoms with Gasteiger partial charge in [0, 0.05) is 11.6 Å². The Morgan fingerprint density at radius 3 is 2.74 bits per heavy atom. The van der Waals surface area contributed by atoms with Gasteiger partial charge in [-0.2, -0.15) is 0 Å². The lowest BCUT2D eigenvalue weighted by atomic mass is 9.54. The summed E-state index contributed by atoms with van der Waals surface area (Å²) in [5.74, 6) is 0.774. The van der Waals surface area contributed by atoms with Crippen molar-refractivity contribution in [1.29, 1.82) is 0 Å². The Morgan fingerprint density at radius 1 is 1.42 bits per heavy atom. The van der Waals surface area contributed by atoms with Crippen molar-refractivity contribution in [2.24, 2.45) is 5.41 Å². The van der Waals surface area contributed by atoms with Gasteiger partial charge in [-0.25, -0.2) is 4.39 Å². The molecule has 2 nitrogen and oxygen atoms in total. The predicted octanol–water partition coefficient (Wildman–Crippen LogP) is 3.72. The minimum absolute atomic E-state index is 0.103. The van der Waals surface area contributed by atoms with Crippen molar-refractivity contribution in [2.75, 3.05) is 13.7 Å². The highest BCUT2D eigenvalue weighted by atomic mass is 19.1. The molecule has 1 aliphatic rings. The van der Waals surface area contributed by atoms with Crippen LogP contribution >= 0.6 is 0 Å². The van der Waals surface area contributed by atoms with Gasteiger partial charge in [0.1, 0.15) is 11.6 Å². The van der Waals surface area contributed by atoms with Crippen molar-refractivity contribution in [3.8, 4) is 5.75 Å². The highest BCUT2D eigenvalue weighted by molar-refractivity contribution is 5.41. The van der Waals surface area contributed by atoms with Crippen LogP contribution in [0.15, 0.2) is 18.2 Å².